The molecule has 0 aliphatic carbocycles. The Bertz CT molecular complexity index is 1680. The van der Waals surface area contributed by atoms with E-state index < -0.39 is 45.2 Å². The highest BCUT2D eigenvalue weighted by Gasteiger charge is 2.35. The zero-order valence-electron chi connectivity index (χ0n) is 50.2. The summed E-state index contributed by atoms with van der Waals surface area (Å²) in [6.07, 6.45) is 5.17. The minimum atomic E-state index is -2.00. The molecule has 0 fully saturated rings. The van der Waals surface area contributed by atoms with Crippen molar-refractivity contribution in [3.63, 3.8) is 0 Å². The molecule has 0 rings (SSSR count). The predicted octanol–water partition coefficient (Wildman–Crippen LogP) is 9.04. The summed E-state index contributed by atoms with van der Waals surface area (Å²) in [6.45, 7) is 34.1. The van der Waals surface area contributed by atoms with E-state index in [1.54, 1.807) is 37.7 Å². The first kappa shape index (κ1) is 77.4. The lowest BCUT2D eigenvalue weighted by atomic mass is 10.2. The van der Waals surface area contributed by atoms with Crippen LogP contribution in [0.3, 0.4) is 0 Å². The molecule has 4 atom stereocenters. The Morgan fingerprint density at radius 3 is 1.09 bits per heavy atom. The maximum absolute atomic E-state index is 12.4. The molecule has 0 radical (unpaired) electrons. The summed E-state index contributed by atoms with van der Waals surface area (Å²) in [5.74, 6) is 1.76. The molecule has 18 nitrogen and oxygen atoms in total. The molecule has 0 aliphatic rings. The summed E-state index contributed by atoms with van der Waals surface area (Å²) < 4.78 is 44.3. The summed E-state index contributed by atoms with van der Waals surface area (Å²) >= 11 is 3.15. The molecule has 0 aliphatic heterocycles. The number of hydrogen-bond acceptors (Lipinski definition) is 18. The van der Waals surface area contributed by atoms with Gasteiger partial charge >= 0.3 is 11.9 Å². The number of allylic oxidation sites excluding steroid dienone is 2. The lowest BCUT2D eigenvalue weighted by molar-refractivity contribution is -0.149. The number of nitrogens with one attached hydrogen (secondary N) is 2. The van der Waals surface area contributed by atoms with E-state index in [0.717, 1.165) is 24.2 Å². The number of methoxy groups -OCH3 is 2. The van der Waals surface area contributed by atoms with Crippen LogP contribution >= 0.6 is 23.5 Å². The van der Waals surface area contributed by atoms with Crippen molar-refractivity contribution in [2.75, 3.05) is 76.9 Å². The van der Waals surface area contributed by atoms with Crippen molar-refractivity contribution in [2.45, 2.75) is 193 Å². The third kappa shape index (κ3) is 48.1. The van der Waals surface area contributed by atoms with E-state index in [0.29, 0.717) is 101 Å². The molecular formula is C54H102N2O16S2Si4. The number of hydrogen-bond donors (Lipinski definition) is 2. The molecule has 0 aromatic carbocycles. The molecule has 2 amide bonds. The second-order valence-electron chi connectivity index (χ2n) is 22.0. The zero-order valence-corrected chi connectivity index (χ0v) is 55.8. The van der Waals surface area contributed by atoms with Gasteiger partial charge in [-0.3, -0.25) is 38.4 Å². The van der Waals surface area contributed by atoms with E-state index in [-0.39, 0.29) is 84.9 Å². The Balaban J connectivity index is 0. The van der Waals surface area contributed by atoms with Gasteiger partial charge in [-0.1, -0.05) is 13.2 Å². The molecule has 4 unspecified atom stereocenters. The highest BCUT2D eigenvalue weighted by molar-refractivity contribution is 7.99. The van der Waals surface area contributed by atoms with E-state index in [4.69, 9.17) is 36.7 Å². The van der Waals surface area contributed by atoms with Gasteiger partial charge in [-0.05, 0) is 116 Å². The molecule has 0 heterocycles. The number of thioether (sulfide) groups is 2. The first-order valence-corrected chi connectivity index (χ1v) is 42.2. The molecule has 2 N–H and O–H groups in total. The maximum atomic E-state index is 12.4. The van der Waals surface area contributed by atoms with Crippen LogP contribution in [0.4, 0.5) is 0 Å². The smallest absolute Gasteiger partial charge is 0.306 e. The third-order valence-corrected chi connectivity index (χ3v) is 28.5. The molecular weight excluding hydrogens is 1110 g/mol. The maximum Gasteiger partial charge on any atom is 0.306 e. The van der Waals surface area contributed by atoms with E-state index in [9.17, 15) is 38.4 Å². The molecule has 0 aromatic heterocycles. The molecule has 78 heavy (non-hydrogen) atoms. The summed E-state index contributed by atoms with van der Waals surface area (Å²) in [5, 5.41) is 5.59. The average molecular weight is 1210 g/mol. The number of ether oxygens (including phenoxy) is 6. The molecule has 0 bridgehead atoms. The molecule has 0 spiro atoms. The third-order valence-electron chi connectivity index (χ3n) is 11.5. The van der Waals surface area contributed by atoms with Gasteiger partial charge in [0.2, 0.25) is 11.8 Å². The van der Waals surface area contributed by atoms with Crippen molar-refractivity contribution >= 4 is 104 Å². The van der Waals surface area contributed by atoms with Gasteiger partial charge in [0.25, 0.3) is 0 Å². The molecule has 24 heteroatoms. The summed E-state index contributed by atoms with van der Waals surface area (Å²) in [5.41, 5.74) is 0. The predicted molar refractivity (Wildman–Crippen MR) is 324 cm³/mol. The zero-order chi connectivity index (χ0) is 59.8. The van der Waals surface area contributed by atoms with Gasteiger partial charge in [-0.2, -0.15) is 23.5 Å². The van der Waals surface area contributed by atoms with Crippen molar-refractivity contribution < 1.29 is 75.0 Å². The fraction of sp³-hybridized carbons (Fsp3) is 0.778. The van der Waals surface area contributed by atoms with Crippen molar-refractivity contribution in [1.82, 2.24) is 10.6 Å². The van der Waals surface area contributed by atoms with Gasteiger partial charge in [-0.15, -0.1) is 0 Å². The Morgan fingerprint density at radius 1 is 0.462 bits per heavy atom. The molecule has 0 saturated heterocycles. The minimum absolute atomic E-state index is 0.0164. The van der Waals surface area contributed by atoms with Crippen LogP contribution in [-0.2, 0) is 75.0 Å². The Morgan fingerprint density at radius 2 is 0.782 bits per heavy atom. The highest BCUT2D eigenvalue weighted by atomic mass is 32.2. The van der Waals surface area contributed by atoms with Gasteiger partial charge in [-0.25, -0.2) is 0 Å². The number of rotatable bonds is 48. The van der Waals surface area contributed by atoms with E-state index in [1.165, 1.54) is 12.2 Å². The summed E-state index contributed by atoms with van der Waals surface area (Å²) in [4.78, 5) is 96.1. The van der Waals surface area contributed by atoms with Crippen molar-refractivity contribution in [1.29, 1.82) is 0 Å². The van der Waals surface area contributed by atoms with Crippen LogP contribution in [0.1, 0.15) is 91.9 Å². The number of carbonyl (C=O) groups excluding carboxylic acids is 8. The lowest BCUT2D eigenvalue weighted by Gasteiger charge is -2.34. The van der Waals surface area contributed by atoms with Crippen molar-refractivity contribution in [3.05, 3.63) is 25.3 Å². The lowest BCUT2D eigenvalue weighted by Crippen LogP contribution is -2.44. The van der Waals surface area contributed by atoms with Crippen LogP contribution in [0.2, 0.25) is 76.6 Å². The van der Waals surface area contributed by atoms with Crippen LogP contribution in [0, 0.1) is 0 Å². The number of esters is 2. The van der Waals surface area contributed by atoms with Crippen LogP contribution in [0.25, 0.3) is 0 Å². The van der Waals surface area contributed by atoms with Crippen molar-refractivity contribution in [2.24, 2.45) is 0 Å². The van der Waals surface area contributed by atoms with Gasteiger partial charge in [0.05, 0.1) is 52.5 Å². The fourth-order valence-corrected chi connectivity index (χ4v) is 26.3. The second-order valence-corrected chi connectivity index (χ2v) is 42.0. The quantitative estimate of drug-likeness (QED) is 0.0250. The molecule has 452 valence electrons. The number of Topliss-reactive ketones (excluding diaryl/α,β-unsaturated/α-hetero) is 2. The van der Waals surface area contributed by atoms with Gasteiger partial charge in [0.15, 0.2) is 44.8 Å². The number of amides is 2. The van der Waals surface area contributed by atoms with Crippen LogP contribution < -0.4 is 10.6 Å². The van der Waals surface area contributed by atoms with Crippen LogP contribution in [0.15, 0.2) is 25.3 Å². The first-order valence-electron chi connectivity index (χ1n) is 27.4. The van der Waals surface area contributed by atoms with Gasteiger partial charge in [0.1, 0.15) is 23.8 Å². The minimum Gasteiger partial charge on any atom is -0.462 e. The van der Waals surface area contributed by atoms with E-state index in [2.05, 4.69) is 76.2 Å². The van der Waals surface area contributed by atoms with Crippen LogP contribution in [-0.4, -0.2) is 181 Å². The Hall–Kier alpha value is -2.63. The monoisotopic (exact) mass is 1210 g/mol. The molecule has 0 aromatic rings. The van der Waals surface area contributed by atoms with Crippen molar-refractivity contribution in [3.8, 4) is 0 Å². The number of ketones is 4. The Kier molecular flexibility index (Phi) is 43.7. The summed E-state index contributed by atoms with van der Waals surface area (Å²) in [7, 11) is -4.75. The Labute approximate surface area is 481 Å². The second kappa shape index (κ2) is 44.0. The van der Waals surface area contributed by atoms with E-state index in [1.807, 2.05) is 27.7 Å². The van der Waals surface area contributed by atoms with Gasteiger partial charge < -0.3 is 47.3 Å². The molecule has 0 saturated carbocycles. The van der Waals surface area contributed by atoms with Gasteiger partial charge in [0, 0.05) is 101 Å². The van der Waals surface area contributed by atoms with E-state index >= 15 is 0 Å². The number of carbonyl (C=O) groups is 8. The average Bonchev–Trinajstić information content (AvgIpc) is 3.34. The summed E-state index contributed by atoms with van der Waals surface area (Å²) in [6, 6.07) is 2.75. The first-order chi connectivity index (χ1) is 36.4. The standard InChI is InChI=1S/2C27H51NO8SSi2/c2*1-9-24(29)13-18-38(5,6)36-39(7,8)19-14-25(30)12-17-37-21-23(3)35-27(32)11-10-26(31)28-22(2)20-34-16-15-33-4/h2*9,22-23H,1,10-21H2,2-8H3,(H,28,31). The topological polar surface area (TPSA) is 234 Å². The highest BCUT2D eigenvalue weighted by Crippen LogP contribution is 2.26. The van der Waals surface area contributed by atoms with Crippen LogP contribution in [0.5, 0.6) is 0 Å². The SMILES string of the molecule is C=CC(=O)CC[Si](C)(C)O[Si](C)(C)CCC(=O)CCSCC(C)OC(=O)CCC(=O)NC(C)COCCOC.C=CC(=O)CC[Si](C)(C)O[Si](C)(C)CCC(=O)CCSCC(C)OC(=O)CCC(=O)NC(C)COCCOC. The largest absolute Gasteiger partial charge is 0.462 e. The normalized spacial score (nSPS) is 13.4. The fourth-order valence-electron chi connectivity index (χ4n) is 7.40.